The molecule has 2 heterocycles. The number of likely N-dealkylation sites (tertiary alicyclic amines) is 1. The molecule has 1 saturated heterocycles. The van der Waals surface area contributed by atoms with Crippen LogP contribution in [0.3, 0.4) is 0 Å². The lowest BCUT2D eigenvalue weighted by Gasteiger charge is -2.46. The van der Waals surface area contributed by atoms with E-state index in [4.69, 9.17) is 15.2 Å². The summed E-state index contributed by atoms with van der Waals surface area (Å²) in [4.78, 5) is 15.6. The Morgan fingerprint density at radius 1 is 1.12 bits per heavy atom. The predicted molar refractivity (Wildman–Crippen MR) is 160 cm³/mol. The Balaban J connectivity index is 1.38. The van der Waals surface area contributed by atoms with Crippen LogP contribution >= 0.6 is 0 Å². The van der Waals surface area contributed by atoms with E-state index >= 15 is 0 Å². The van der Waals surface area contributed by atoms with Gasteiger partial charge >= 0.3 is 0 Å². The summed E-state index contributed by atoms with van der Waals surface area (Å²) in [7, 11) is -4.02. The molecule has 230 valence electrons. The number of hydrogen-bond donors (Lipinski definition) is 3. The molecule has 0 spiro atoms. The third-order valence-electron chi connectivity index (χ3n) is 8.45. The van der Waals surface area contributed by atoms with Crippen molar-refractivity contribution in [1.82, 2.24) is 14.5 Å². The fraction of sp³-hybridized carbons (Fsp3) is 0.581. The van der Waals surface area contributed by atoms with Crippen molar-refractivity contribution in [2.45, 2.75) is 82.0 Å². The zero-order valence-electron chi connectivity index (χ0n) is 24.8. The van der Waals surface area contributed by atoms with E-state index < -0.39 is 16.1 Å². The Labute approximate surface area is 249 Å². The van der Waals surface area contributed by atoms with Crippen LogP contribution in [-0.2, 0) is 21.4 Å². The lowest BCUT2D eigenvalue weighted by atomic mass is 9.72. The van der Waals surface area contributed by atoms with Crippen molar-refractivity contribution in [3.8, 4) is 11.5 Å². The number of fused-ring (bicyclic) bond motifs is 2. The molecule has 42 heavy (non-hydrogen) atoms. The quantitative estimate of drug-likeness (QED) is 0.373. The maximum Gasteiger partial charge on any atom is 0.243 e. The first-order valence-corrected chi connectivity index (χ1v) is 16.3. The molecule has 0 radical (unpaired) electrons. The molecule has 0 aromatic heterocycles. The van der Waals surface area contributed by atoms with Gasteiger partial charge in [-0.05, 0) is 81.3 Å². The van der Waals surface area contributed by atoms with Crippen molar-refractivity contribution in [1.29, 1.82) is 0 Å². The summed E-state index contributed by atoms with van der Waals surface area (Å²) < 4.78 is 40.0. The fourth-order valence-electron chi connectivity index (χ4n) is 6.51. The van der Waals surface area contributed by atoms with E-state index in [1.165, 1.54) is 29.3 Å². The number of nitrogens with zero attached hydrogens (tertiary/aromatic N) is 2. The van der Waals surface area contributed by atoms with Crippen molar-refractivity contribution >= 4 is 21.6 Å². The van der Waals surface area contributed by atoms with E-state index in [-0.39, 0.29) is 48.8 Å². The molecule has 2 aromatic rings. The van der Waals surface area contributed by atoms with Crippen molar-refractivity contribution in [3.05, 3.63) is 48.0 Å². The van der Waals surface area contributed by atoms with Gasteiger partial charge in [0.2, 0.25) is 22.7 Å². The number of hydrogen-bond acceptors (Lipinski definition) is 8. The van der Waals surface area contributed by atoms with E-state index in [9.17, 15) is 18.3 Å². The second-order valence-corrected chi connectivity index (χ2v) is 14.9. The number of ether oxygens (including phenoxy) is 2. The number of β-amino-alcohol motifs (C(OH)–C–C–N with tert-alkyl or cyclic N) is 1. The van der Waals surface area contributed by atoms with Crippen LogP contribution < -0.4 is 20.5 Å². The van der Waals surface area contributed by atoms with Crippen LogP contribution in [0.4, 0.5) is 5.69 Å². The Bertz CT molecular complexity index is 1380. The molecule has 0 unspecified atom stereocenters. The number of sulfonamides is 1. The molecule has 3 aliphatic rings. The van der Waals surface area contributed by atoms with E-state index in [1.807, 2.05) is 20.8 Å². The van der Waals surface area contributed by atoms with Crippen LogP contribution in [-0.4, -0.2) is 72.7 Å². The zero-order chi connectivity index (χ0) is 30.1. The molecule has 1 aliphatic carbocycles. The molecule has 11 heteroatoms. The molecule has 2 fully saturated rings. The molecular formula is C31H44N4O6S. The van der Waals surface area contributed by atoms with Crippen LogP contribution in [0.25, 0.3) is 0 Å². The molecule has 2 aromatic carbocycles. The fourth-order valence-corrected chi connectivity index (χ4v) is 8.03. The number of aliphatic hydroxyl groups is 1. The summed E-state index contributed by atoms with van der Waals surface area (Å²) in [5.41, 5.74) is 6.59. The molecular weight excluding hydrogens is 556 g/mol. The highest BCUT2D eigenvalue weighted by Gasteiger charge is 2.41. The van der Waals surface area contributed by atoms with Crippen molar-refractivity contribution in [3.63, 3.8) is 0 Å². The van der Waals surface area contributed by atoms with Crippen LogP contribution in [0.2, 0.25) is 0 Å². The van der Waals surface area contributed by atoms with Gasteiger partial charge in [0.05, 0.1) is 17.0 Å². The topological polar surface area (TPSA) is 134 Å². The van der Waals surface area contributed by atoms with Gasteiger partial charge in [-0.15, -0.1) is 0 Å². The number of carbonyl (C=O) groups excluding carboxylic acids is 1. The zero-order valence-corrected chi connectivity index (χ0v) is 25.6. The normalized spacial score (nSPS) is 23.4. The molecule has 0 bridgehead atoms. The van der Waals surface area contributed by atoms with Gasteiger partial charge in [-0.3, -0.25) is 9.69 Å². The SMILES string of the molecule is CC(C)(C)NC(=O)[C@@H]1C[C@@H]2CCCC[C@@H]2CN1C[C@@H](O)CN(Cc1ccc2c(c1)OCO2)S(=O)(=O)c1cccc(N)c1. The molecule has 4 atom stereocenters. The van der Waals surface area contributed by atoms with Gasteiger partial charge in [0, 0.05) is 37.4 Å². The van der Waals surface area contributed by atoms with Gasteiger partial charge in [-0.1, -0.05) is 31.4 Å². The first-order chi connectivity index (χ1) is 19.9. The maximum absolute atomic E-state index is 13.9. The Morgan fingerprint density at radius 2 is 1.86 bits per heavy atom. The standard InChI is InChI=1S/C31H44N4O6S/c1-31(2,3)33-30(37)27-14-22-7-4-5-8-23(22)17-34(27)18-25(36)19-35(42(38,39)26-10-6-9-24(32)15-26)16-21-11-12-28-29(13-21)41-20-40-28/h6,9-13,15,22-23,25,27,36H,4-5,7-8,14,16-20,32H2,1-3H3,(H,33,37)/t22-,23+,25+,27-/m0/s1. The number of amides is 1. The van der Waals surface area contributed by atoms with Crippen molar-refractivity contribution < 1.29 is 27.8 Å². The van der Waals surface area contributed by atoms with E-state index in [0.29, 0.717) is 41.1 Å². The Morgan fingerprint density at radius 3 is 2.60 bits per heavy atom. The molecule has 2 aliphatic heterocycles. The van der Waals surface area contributed by atoms with Crippen molar-refractivity contribution in [2.75, 3.05) is 32.2 Å². The minimum Gasteiger partial charge on any atom is -0.454 e. The Kier molecular flexibility index (Phi) is 9.03. The molecule has 10 nitrogen and oxygen atoms in total. The largest absolute Gasteiger partial charge is 0.454 e. The number of anilines is 1. The number of carbonyl (C=O) groups is 1. The number of nitrogens with two attached hydrogens (primary N) is 1. The third-order valence-corrected chi connectivity index (χ3v) is 10.3. The van der Waals surface area contributed by atoms with Gasteiger partial charge in [0.25, 0.3) is 0 Å². The minimum absolute atomic E-state index is 0.0173. The van der Waals surface area contributed by atoms with E-state index in [0.717, 1.165) is 19.3 Å². The first-order valence-electron chi connectivity index (χ1n) is 14.9. The van der Waals surface area contributed by atoms with Gasteiger partial charge in [-0.25, -0.2) is 8.42 Å². The smallest absolute Gasteiger partial charge is 0.243 e. The van der Waals surface area contributed by atoms with Crippen LogP contribution in [0.1, 0.15) is 58.4 Å². The van der Waals surface area contributed by atoms with Crippen LogP contribution in [0, 0.1) is 11.8 Å². The number of piperidine rings is 1. The van der Waals surface area contributed by atoms with Gasteiger partial charge < -0.3 is 25.6 Å². The summed E-state index contributed by atoms with van der Waals surface area (Å²) in [6, 6.07) is 11.1. The van der Waals surface area contributed by atoms with Gasteiger partial charge in [0.1, 0.15) is 0 Å². The van der Waals surface area contributed by atoms with Crippen LogP contribution in [0.15, 0.2) is 47.4 Å². The lowest BCUT2D eigenvalue weighted by molar-refractivity contribution is -0.132. The first kappa shape index (κ1) is 30.6. The van der Waals surface area contributed by atoms with Gasteiger partial charge in [0.15, 0.2) is 11.5 Å². The predicted octanol–water partition coefficient (Wildman–Crippen LogP) is 3.34. The summed E-state index contributed by atoms with van der Waals surface area (Å²) in [6.45, 7) is 6.78. The highest BCUT2D eigenvalue weighted by Crippen LogP contribution is 2.39. The minimum atomic E-state index is -4.02. The van der Waals surface area contributed by atoms with Crippen molar-refractivity contribution in [2.24, 2.45) is 11.8 Å². The monoisotopic (exact) mass is 600 g/mol. The highest BCUT2D eigenvalue weighted by atomic mass is 32.2. The summed E-state index contributed by atoms with van der Waals surface area (Å²) in [5.74, 6) is 2.09. The number of benzene rings is 2. The summed E-state index contributed by atoms with van der Waals surface area (Å²) >= 11 is 0. The second-order valence-electron chi connectivity index (χ2n) is 13.0. The number of nitrogens with one attached hydrogen (secondary N) is 1. The van der Waals surface area contributed by atoms with Crippen LogP contribution in [0.5, 0.6) is 11.5 Å². The van der Waals surface area contributed by atoms with E-state index in [2.05, 4.69) is 10.2 Å². The number of rotatable bonds is 9. The second kappa shape index (κ2) is 12.4. The molecule has 4 N–H and O–H groups in total. The lowest BCUT2D eigenvalue weighted by Crippen LogP contribution is -2.59. The molecule has 5 rings (SSSR count). The number of aliphatic hydroxyl groups excluding tert-OH is 1. The average molecular weight is 601 g/mol. The Hall–Kier alpha value is -2.86. The summed E-state index contributed by atoms with van der Waals surface area (Å²) in [5, 5.41) is 14.6. The maximum atomic E-state index is 13.9. The van der Waals surface area contributed by atoms with E-state index in [1.54, 1.807) is 30.3 Å². The third kappa shape index (κ3) is 7.19. The number of nitrogen functional groups attached to an aromatic ring is 1. The highest BCUT2D eigenvalue weighted by molar-refractivity contribution is 7.89. The average Bonchev–Trinajstić information content (AvgIpc) is 3.39. The molecule has 1 amide bonds. The van der Waals surface area contributed by atoms with Gasteiger partial charge in [-0.2, -0.15) is 4.31 Å². The summed E-state index contributed by atoms with van der Waals surface area (Å²) in [6.07, 6.45) is 4.33. The molecule has 1 saturated carbocycles.